The lowest BCUT2D eigenvalue weighted by molar-refractivity contribution is 1.10. The predicted octanol–water partition coefficient (Wildman–Crippen LogP) is 3.52. The zero-order valence-electron chi connectivity index (χ0n) is 10.5. The van der Waals surface area contributed by atoms with E-state index in [4.69, 9.17) is 0 Å². The van der Waals surface area contributed by atoms with Crippen molar-refractivity contribution in [2.75, 3.05) is 24.3 Å². The highest BCUT2D eigenvalue weighted by Crippen LogP contribution is 2.19. The van der Waals surface area contributed by atoms with Crippen molar-refractivity contribution >= 4 is 27.3 Å². The Morgan fingerprint density at radius 2 is 1.89 bits per heavy atom. The first-order valence-corrected chi connectivity index (χ1v) is 6.57. The average molecular weight is 306 g/mol. The molecule has 2 aromatic rings. The largest absolute Gasteiger partial charge is 0.379 e. The molecule has 94 valence electrons. The van der Waals surface area contributed by atoms with Crippen LogP contribution in [0, 0.1) is 0 Å². The molecule has 1 N–H and O–H groups in total. The van der Waals surface area contributed by atoms with Crippen molar-refractivity contribution in [3.05, 3.63) is 52.8 Å². The van der Waals surface area contributed by atoms with Gasteiger partial charge in [-0.25, -0.2) is 4.98 Å². The molecule has 0 fully saturated rings. The van der Waals surface area contributed by atoms with Crippen LogP contribution in [0.1, 0.15) is 5.56 Å². The first-order valence-electron chi connectivity index (χ1n) is 5.77. The topological polar surface area (TPSA) is 28.2 Å². The van der Waals surface area contributed by atoms with Gasteiger partial charge in [0.1, 0.15) is 4.60 Å². The monoisotopic (exact) mass is 305 g/mol. The van der Waals surface area contributed by atoms with Gasteiger partial charge in [-0.15, -0.1) is 0 Å². The zero-order chi connectivity index (χ0) is 13.0. The van der Waals surface area contributed by atoms with E-state index in [-0.39, 0.29) is 0 Å². The maximum Gasteiger partial charge on any atom is 0.129 e. The van der Waals surface area contributed by atoms with E-state index in [1.54, 1.807) is 6.20 Å². The molecule has 0 atom stereocenters. The number of hydrogen-bond donors (Lipinski definition) is 1. The van der Waals surface area contributed by atoms with Crippen LogP contribution in [-0.4, -0.2) is 19.1 Å². The fourth-order valence-electron chi connectivity index (χ4n) is 1.63. The molecule has 0 aliphatic rings. The molecule has 0 amide bonds. The number of halogens is 1. The molecule has 1 heterocycles. The van der Waals surface area contributed by atoms with Crippen molar-refractivity contribution in [1.82, 2.24) is 4.98 Å². The minimum Gasteiger partial charge on any atom is -0.379 e. The summed E-state index contributed by atoms with van der Waals surface area (Å²) in [5.41, 5.74) is 3.46. The van der Waals surface area contributed by atoms with Gasteiger partial charge < -0.3 is 10.2 Å². The Morgan fingerprint density at radius 3 is 2.50 bits per heavy atom. The molecule has 0 spiro atoms. The molecule has 0 saturated carbocycles. The lowest BCUT2D eigenvalue weighted by Crippen LogP contribution is -2.08. The highest BCUT2D eigenvalue weighted by Gasteiger charge is 2.00. The molecule has 0 radical (unpaired) electrons. The number of aromatic nitrogens is 1. The van der Waals surface area contributed by atoms with Crippen LogP contribution in [0.3, 0.4) is 0 Å². The molecule has 3 nitrogen and oxygen atoms in total. The minimum absolute atomic E-state index is 0.790. The number of hydrogen-bond acceptors (Lipinski definition) is 3. The third kappa shape index (κ3) is 3.23. The molecule has 0 saturated heterocycles. The van der Waals surface area contributed by atoms with E-state index in [2.05, 4.69) is 55.4 Å². The van der Waals surface area contributed by atoms with Gasteiger partial charge in [-0.1, -0.05) is 12.1 Å². The van der Waals surface area contributed by atoms with Crippen LogP contribution in [0.5, 0.6) is 0 Å². The maximum absolute atomic E-state index is 4.18. The van der Waals surface area contributed by atoms with E-state index < -0.39 is 0 Å². The first-order chi connectivity index (χ1) is 8.66. The molecule has 0 bridgehead atoms. The van der Waals surface area contributed by atoms with E-state index in [1.807, 2.05) is 26.2 Å². The highest BCUT2D eigenvalue weighted by molar-refractivity contribution is 9.10. The van der Waals surface area contributed by atoms with E-state index in [1.165, 1.54) is 11.3 Å². The number of rotatable bonds is 4. The summed E-state index contributed by atoms with van der Waals surface area (Å²) in [6.07, 6.45) is 1.77. The van der Waals surface area contributed by atoms with Crippen molar-refractivity contribution in [3.63, 3.8) is 0 Å². The SMILES string of the molecule is CN(C)c1ccc(CNc2cccnc2Br)cc1. The fraction of sp³-hybridized carbons (Fsp3) is 0.214. The van der Waals surface area contributed by atoms with Gasteiger partial charge in [0.15, 0.2) is 0 Å². The molecule has 4 heteroatoms. The molecular weight excluding hydrogens is 290 g/mol. The summed E-state index contributed by atoms with van der Waals surface area (Å²) in [5, 5.41) is 3.35. The van der Waals surface area contributed by atoms with Crippen molar-refractivity contribution in [2.24, 2.45) is 0 Å². The summed E-state index contributed by atoms with van der Waals surface area (Å²) in [6.45, 7) is 0.790. The van der Waals surface area contributed by atoms with Crippen LogP contribution >= 0.6 is 15.9 Å². The average Bonchev–Trinajstić information content (AvgIpc) is 2.38. The second-order valence-electron chi connectivity index (χ2n) is 4.26. The zero-order valence-corrected chi connectivity index (χ0v) is 12.1. The standard InChI is InChI=1S/C14H16BrN3/c1-18(2)12-7-5-11(6-8-12)10-17-13-4-3-9-16-14(13)15/h3-9,17H,10H2,1-2H3. The van der Waals surface area contributed by atoms with E-state index in [0.717, 1.165) is 16.8 Å². The first kappa shape index (κ1) is 12.9. The number of pyridine rings is 1. The minimum atomic E-state index is 0.790. The Bertz CT molecular complexity index is 509. The van der Waals surface area contributed by atoms with Gasteiger partial charge in [-0.05, 0) is 45.8 Å². The third-order valence-electron chi connectivity index (χ3n) is 2.69. The summed E-state index contributed by atoms with van der Waals surface area (Å²) >= 11 is 3.42. The van der Waals surface area contributed by atoms with Crippen LogP contribution in [0.25, 0.3) is 0 Å². The summed E-state index contributed by atoms with van der Waals surface area (Å²) in [6, 6.07) is 12.4. The Hall–Kier alpha value is -1.55. The van der Waals surface area contributed by atoms with Gasteiger partial charge in [-0.2, -0.15) is 0 Å². The molecule has 1 aromatic carbocycles. The van der Waals surface area contributed by atoms with Gasteiger partial charge in [0.05, 0.1) is 5.69 Å². The molecule has 0 aliphatic heterocycles. The molecule has 0 aliphatic carbocycles. The summed E-state index contributed by atoms with van der Waals surface area (Å²) in [4.78, 5) is 6.27. The quantitative estimate of drug-likeness (QED) is 0.876. The summed E-state index contributed by atoms with van der Waals surface area (Å²) < 4.78 is 0.843. The van der Waals surface area contributed by atoms with Gasteiger partial charge in [0.2, 0.25) is 0 Å². The Labute approximate surface area is 116 Å². The second kappa shape index (κ2) is 5.87. The molecular formula is C14H16BrN3. The van der Waals surface area contributed by atoms with Gasteiger partial charge in [-0.3, -0.25) is 0 Å². The Morgan fingerprint density at radius 1 is 1.17 bits per heavy atom. The van der Waals surface area contributed by atoms with Gasteiger partial charge in [0, 0.05) is 32.5 Å². The van der Waals surface area contributed by atoms with E-state index in [0.29, 0.717) is 0 Å². The van der Waals surface area contributed by atoms with Crippen LogP contribution in [0.2, 0.25) is 0 Å². The smallest absolute Gasteiger partial charge is 0.129 e. The van der Waals surface area contributed by atoms with Crippen molar-refractivity contribution in [2.45, 2.75) is 6.54 Å². The number of nitrogens with one attached hydrogen (secondary N) is 1. The van der Waals surface area contributed by atoms with Crippen molar-refractivity contribution in [1.29, 1.82) is 0 Å². The Kier molecular flexibility index (Phi) is 4.20. The maximum atomic E-state index is 4.18. The normalized spacial score (nSPS) is 10.2. The van der Waals surface area contributed by atoms with Gasteiger partial charge >= 0.3 is 0 Å². The summed E-state index contributed by atoms with van der Waals surface area (Å²) in [7, 11) is 4.08. The van der Waals surface area contributed by atoms with Crippen molar-refractivity contribution < 1.29 is 0 Å². The van der Waals surface area contributed by atoms with Crippen LogP contribution < -0.4 is 10.2 Å². The number of nitrogens with zero attached hydrogens (tertiary/aromatic N) is 2. The van der Waals surface area contributed by atoms with Gasteiger partial charge in [0.25, 0.3) is 0 Å². The van der Waals surface area contributed by atoms with Crippen LogP contribution in [-0.2, 0) is 6.54 Å². The third-order valence-corrected chi connectivity index (χ3v) is 3.33. The van der Waals surface area contributed by atoms with Crippen LogP contribution in [0.15, 0.2) is 47.2 Å². The van der Waals surface area contributed by atoms with Crippen molar-refractivity contribution in [3.8, 4) is 0 Å². The Balaban J connectivity index is 2.00. The predicted molar refractivity (Wildman–Crippen MR) is 80.0 cm³/mol. The van der Waals surface area contributed by atoms with Crippen LogP contribution in [0.4, 0.5) is 11.4 Å². The number of benzene rings is 1. The highest BCUT2D eigenvalue weighted by atomic mass is 79.9. The molecule has 2 rings (SSSR count). The lowest BCUT2D eigenvalue weighted by Gasteiger charge is -2.13. The van der Waals surface area contributed by atoms with E-state index >= 15 is 0 Å². The second-order valence-corrected chi connectivity index (χ2v) is 5.01. The number of anilines is 2. The molecule has 18 heavy (non-hydrogen) atoms. The van der Waals surface area contributed by atoms with E-state index in [9.17, 15) is 0 Å². The summed E-state index contributed by atoms with van der Waals surface area (Å²) in [5.74, 6) is 0. The lowest BCUT2D eigenvalue weighted by atomic mass is 10.2. The molecule has 0 unspecified atom stereocenters. The fourth-order valence-corrected chi connectivity index (χ4v) is 2.02. The molecule has 1 aromatic heterocycles.